The Hall–Kier alpha value is -1.55. The van der Waals surface area contributed by atoms with Crippen molar-refractivity contribution in [2.24, 2.45) is 11.7 Å². The summed E-state index contributed by atoms with van der Waals surface area (Å²) < 4.78 is 5.23. The topological polar surface area (TPSA) is 64.3 Å². The summed E-state index contributed by atoms with van der Waals surface area (Å²) in [4.78, 5) is 10.6. The Balaban J connectivity index is 1.74. The number of carbonyl (C=O) groups excluding carboxylic acids is 1. The predicted molar refractivity (Wildman–Crippen MR) is 79.4 cm³/mol. The molecular weight excluding hydrogens is 252 g/mol. The second-order valence-electron chi connectivity index (χ2n) is 5.74. The van der Waals surface area contributed by atoms with Gasteiger partial charge in [0.25, 0.3) is 5.91 Å². The zero-order valence-corrected chi connectivity index (χ0v) is 12.1. The number of nitrogens with two attached hydrogens (primary N) is 1. The summed E-state index contributed by atoms with van der Waals surface area (Å²) in [6, 6.07) is 8.45. The number of hydrogen-bond donors (Lipinski definition) is 2. The van der Waals surface area contributed by atoms with Crippen molar-refractivity contribution in [3.63, 3.8) is 0 Å². The average molecular weight is 276 g/mol. The zero-order chi connectivity index (χ0) is 14.4. The minimum Gasteiger partial charge on any atom is -0.484 e. The lowest BCUT2D eigenvalue weighted by molar-refractivity contribution is -0.119. The average Bonchev–Trinajstić information content (AvgIpc) is 2.45. The monoisotopic (exact) mass is 276 g/mol. The van der Waals surface area contributed by atoms with Crippen LogP contribution in [0.25, 0.3) is 0 Å². The molecule has 110 valence electrons. The molecule has 0 saturated heterocycles. The van der Waals surface area contributed by atoms with Crippen molar-refractivity contribution in [3.8, 4) is 5.75 Å². The number of amides is 1. The second kappa shape index (κ2) is 7.29. The number of nitrogens with one attached hydrogen (secondary N) is 1. The van der Waals surface area contributed by atoms with Crippen LogP contribution in [0.1, 0.15) is 38.2 Å². The molecule has 1 fully saturated rings. The van der Waals surface area contributed by atoms with E-state index in [9.17, 15) is 4.79 Å². The molecule has 0 aliphatic heterocycles. The van der Waals surface area contributed by atoms with E-state index in [4.69, 9.17) is 10.5 Å². The maximum Gasteiger partial charge on any atom is 0.255 e. The minimum absolute atomic E-state index is 0.0716. The smallest absolute Gasteiger partial charge is 0.255 e. The number of hydrogen-bond acceptors (Lipinski definition) is 3. The fraction of sp³-hybridized carbons (Fsp3) is 0.562. The lowest BCUT2D eigenvalue weighted by atomic mass is 9.87. The normalized spacial score (nSPS) is 22.4. The van der Waals surface area contributed by atoms with E-state index in [1.165, 1.54) is 31.2 Å². The second-order valence-corrected chi connectivity index (χ2v) is 5.74. The highest BCUT2D eigenvalue weighted by molar-refractivity contribution is 5.75. The maximum atomic E-state index is 10.6. The van der Waals surface area contributed by atoms with Gasteiger partial charge in [-0.05, 0) is 49.3 Å². The number of ether oxygens (including phenoxy) is 1. The van der Waals surface area contributed by atoms with Gasteiger partial charge < -0.3 is 15.8 Å². The molecule has 1 saturated carbocycles. The number of carbonyl (C=O) groups is 1. The molecule has 4 heteroatoms. The van der Waals surface area contributed by atoms with Crippen LogP contribution in [0, 0.1) is 5.92 Å². The SMILES string of the molecule is CC1CCC(NCc2ccc(OCC(N)=O)cc2)CC1. The molecule has 0 atom stereocenters. The number of rotatable bonds is 6. The van der Waals surface area contributed by atoms with Crippen LogP contribution in [0.2, 0.25) is 0 Å². The largest absolute Gasteiger partial charge is 0.484 e. The van der Waals surface area contributed by atoms with E-state index in [2.05, 4.69) is 12.2 Å². The van der Waals surface area contributed by atoms with Gasteiger partial charge in [0.2, 0.25) is 0 Å². The fourth-order valence-electron chi connectivity index (χ4n) is 2.58. The van der Waals surface area contributed by atoms with Gasteiger partial charge in [0, 0.05) is 12.6 Å². The first kappa shape index (κ1) is 14.9. The summed E-state index contributed by atoms with van der Waals surface area (Å²) in [7, 11) is 0. The molecule has 1 aromatic rings. The standard InChI is InChI=1S/C16H24N2O2/c1-12-2-6-14(7-3-12)18-10-13-4-8-15(9-5-13)20-11-16(17)19/h4-5,8-9,12,14,18H,2-3,6-7,10-11H2,1H3,(H2,17,19). The molecule has 1 aliphatic carbocycles. The van der Waals surface area contributed by atoms with Gasteiger partial charge >= 0.3 is 0 Å². The molecule has 1 amide bonds. The van der Waals surface area contributed by atoms with Gasteiger partial charge in [-0.15, -0.1) is 0 Å². The van der Waals surface area contributed by atoms with E-state index in [0.29, 0.717) is 11.8 Å². The van der Waals surface area contributed by atoms with Crippen molar-refractivity contribution >= 4 is 5.91 Å². The van der Waals surface area contributed by atoms with Gasteiger partial charge in [-0.2, -0.15) is 0 Å². The van der Waals surface area contributed by atoms with E-state index in [-0.39, 0.29) is 6.61 Å². The summed E-state index contributed by atoms with van der Waals surface area (Å²) in [5.74, 6) is 1.11. The molecule has 0 heterocycles. The molecule has 1 aromatic carbocycles. The molecule has 4 nitrogen and oxygen atoms in total. The number of primary amides is 1. The minimum atomic E-state index is -0.456. The van der Waals surface area contributed by atoms with Gasteiger partial charge in [-0.1, -0.05) is 19.1 Å². The first-order valence-corrected chi connectivity index (χ1v) is 7.37. The van der Waals surface area contributed by atoms with Crippen LogP contribution < -0.4 is 15.8 Å². The van der Waals surface area contributed by atoms with E-state index in [1.807, 2.05) is 24.3 Å². The highest BCUT2D eigenvalue weighted by atomic mass is 16.5. The van der Waals surface area contributed by atoms with Crippen LogP contribution >= 0.6 is 0 Å². The first-order chi connectivity index (χ1) is 9.63. The van der Waals surface area contributed by atoms with Crippen LogP contribution in [0.15, 0.2) is 24.3 Å². The van der Waals surface area contributed by atoms with Crippen LogP contribution in [-0.4, -0.2) is 18.6 Å². The molecule has 2 rings (SSSR count). The molecule has 3 N–H and O–H groups in total. The third-order valence-electron chi connectivity index (χ3n) is 3.92. The Kier molecular flexibility index (Phi) is 5.41. The molecule has 0 bridgehead atoms. The lowest BCUT2D eigenvalue weighted by Crippen LogP contribution is -2.32. The van der Waals surface area contributed by atoms with Crippen molar-refractivity contribution in [2.75, 3.05) is 6.61 Å². The molecule has 0 radical (unpaired) electrons. The van der Waals surface area contributed by atoms with Crippen molar-refractivity contribution in [1.82, 2.24) is 5.32 Å². The van der Waals surface area contributed by atoms with E-state index >= 15 is 0 Å². The summed E-state index contributed by atoms with van der Waals surface area (Å²) >= 11 is 0. The first-order valence-electron chi connectivity index (χ1n) is 7.37. The summed E-state index contributed by atoms with van der Waals surface area (Å²) in [5.41, 5.74) is 6.27. The quantitative estimate of drug-likeness (QED) is 0.837. The Morgan fingerprint density at radius 3 is 2.50 bits per heavy atom. The van der Waals surface area contributed by atoms with Crippen molar-refractivity contribution in [3.05, 3.63) is 29.8 Å². The lowest BCUT2D eigenvalue weighted by Gasteiger charge is -2.27. The summed E-state index contributed by atoms with van der Waals surface area (Å²) in [6.07, 6.45) is 5.22. The summed E-state index contributed by atoms with van der Waals surface area (Å²) in [5, 5.41) is 3.61. The van der Waals surface area contributed by atoms with Crippen LogP contribution in [0.5, 0.6) is 5.75 Å². The third-order valence-corrected chi connectivity index (χ3v) is 3.92. The van der Waals surface area contributed by atoms with Crippen LogP contribution in [-0.2, 0) is 11.3 Å². The molecule has 0 spiro atoms. The Bertz CT molecular complexity index is 423. The highest BCUT2D eigenvalue weighted by Crippen LogP contribution is 2.23. The van der Waals surface area contributed by atoms with E-state index < -0.39 is 5.91 Å². The van der Waals surface area contributed by atoms with Crippen molar-refractivity contribution < 1.29 is 9.53 Å². The number of benzene rings is 1. The van der Waals surface area contributed by atoms with E-state index in [1.54, 1.807) is 0 Å². The molecule has 0 aromatic heterocycles. The van der Waals surface area contributed by atoms with Gasteiger partial charge in [0.1, 0.15) is 5.75 Å². The molecule has 20 heavy (non-hydrogen) atoms. The molecule has 0 unspecified atom stereocenters. The predicted octanol–water partition coefficient (Wildman–Crippen LogP) is 2.22. The van der Waals surface area contributed by atoms with Crippen LogP contribution in [0.4, 0.5) is 0 Å². The Morgan fingerprint density at radius 1 is 1.25 bits per heavy atom. The Morgan fingerprint density at radius 2 is 1.90 bits per heavy atom. The maximum absolute atomic E-state index is 10.6. The fourth-order valence-corrected chi connectivity index (χ4v) is 2.58. The summed E-state index contributed by atoms with van der Waals surface area (Å²) in [6.45, 7) is 3.15. The van der Waals surface area contributed by atoms with Crippen molar-refractivity contribution in [1.29, 1.82) is 0 Å². The Labute approximate surface area is 120 Å². The molecular formula is C16H24N2O2. The third kappa shape index (κ3) is 4.85. The van der Waals surface area contributed by atoms with Gasteiger partial charge in [0.05, 0.1) is 0 Å². The van der Waals surface area contributed by atoms with Gasteiger partial charge in [0.15, 0.2) is 6.61 Å². The van der Waals surface area contributed by atoms with E-state index in [0.717, 1.165) is 12.5 Å². The molecule has 1 aliphatic rings. The zero-order valence-electron chi connectivity index (χ0n) is 12.1. The highest BCUT2D eigenvalue weighted by Gasteiger charge is 2.17. The van der Waals surface area contributed by atoms with Gasteiger partial charge in [-0.3, -0.25) is 4.79 Å². The van der Waals surface area contributed by atoms with Gasteiger partial charge in [-0.25, -0.2) is 0 Å². The van der Waals surface area contributed by atoms with Crippen LogP contribution in [0.3, 0.4) is 0 Å². The van der Waals surface area contributed by atoms with Crippen molar-refractivity contribution in [2.45, 2.75) is 45.2 Å².